The first-order valence-electron chi connectivity index (χ1n) is 5.83. The highest BCUT2D eigenvalue weighted by atomic mass is 16.1. The SMILES string of the molecule is CN1CCC(CNC(=O)c2cc(N)ccn2)C1. The molecule has 0 bridgehead atoms. The van der Waals surface area contributed by atoms with Crippen LogP contribution in [0.3, 0.4) is 0 Å². The summed E-state index contributed by atoms with van der Waals surface area (Å²) >= 11 is 0. The van der Waals surface area contributed by atoms with E-state index in [-0.39, 0.29) is 5.91 Å². The van der Waals surface area contributed by atoms with Crippen molar-refractivity contribution >= 4 is 11.6 Å². The van der Waals surface area contributed by atoms with Crippen molar-refractivity contribution in [1.82, 2.24) is 15.2 Å². The molecule has 17 heavy (non-hydrogen) atoms. The van der Waals surface area contributed by atoms with Gasteiger partial charge in [0.15, 0.2) is 0 Å². The summed E-state index contributed by atoms with van der Waals surface area (Å²) in [5.74, 6) is 0.400. The van der Waals surface area contributed by atoms with Crippen LogP contribution in [0.5, 0.6) is 0 Å². The summed E-state index contributed by atoms with van der Waals surface area (Å²) in [6.45, 7) is 2.86. The normalized spacial score (nSPS) is 20.4. The number of amides is 1. The second-order valence-electron chi connectivity index (χ2n) is 4.60. The van der Waals surface area contributed by atoms with E-state index in [9.17, 15) is 4.79 Å². The van der Waals surface area contributed by atoms with Crippen LogP contribution in [0.25, 0.3) is 0 Å². The molecule has 1 aromatic heterocycles. The number of carbonyl (C=O) groups is 1. The molecule has 1 atom stereocenters. The maximum atomic E-state index is 11.8. The lowest BCUT2D eigenvalue weighted by atomic mass is 10.1. The first-order valence-corrected chi connectivity index (χ1v) is 5.83. The van der Waals surface area contributed by atoms with E-state index in [2.05, 4.69) is 22.2 Å². The minimum absolute atomic E-state index is 0.146. The van der Waals surface area contributed by atoms with E-state index >= 15 is 0 Å². The Labute approximate surface area is 101 Å². The molecule has 2 heterocycles. The van der Waals surface area contributed by atoms with Crippen LogP contribution in [0.2, 0.25) is 0 Å². The van der Waals surface area contributed by atoms with Gasteiger partial charge in [0, 0.05) is 25.0 Å². The zero-order chi connectivity index (χ0) is 12.3. The van der Waals surface area contributed by atoms with E-state index < -0.39 is 0 Å². The third-order valence-corrected chi connectivity index (χ3v) is 3.06. The van der Waals surface area contributed by atoms with Gasteiger partial charge in [0.2, 0.25) is 0 Å². The molecule has 1 amide bonds. The van der Waals surface area contributed by atoms with Crippen molar-refractivity contribution in [1.29, 1.82) is 0 Å². The Balaban J connectivity index is 1.85. The van der Waals surface area contributed by atoms with Crippen molar-refractivity contribution in [3.8, 4) is 0 Å². The lowest BCUT2D eigenvalue weighted by Crippen LogP contribution is -2.31. The van der Waals surface area contributed by atoms with Crippen molar-refractivity contribution in [2.45, 2.75) is 6.42 Å². The average molecular weight is 234 g/mol. The van der Waals surface area contributed by atoms with Crippen LogP contribution in [0.4, 0.5) is 5.69 Å². The predicted octanol–water partition coefficient (Wildman–Crippen LogP) is 0.345. The Morgan fingerprint density at radius 1 is 1.71 bits per heavy atom. The van der Waals surface area contributed by atoms with Crippen LogP contribution in [-0.4, -0.2) is 42.5 Å². The molecule has 0 aromatic carbocycles. The minimum atomic E-state index is -0.146. The van der Waals surface area contributed by atoms with Crippen LogP contribution in [-0.2, 0) is 0 Å². The number of anilines is 1. The molecule has 0 saturated carbocycles. The van der Waals surface area contributed by atoms with Crippen molar-refractivity contribution in [3.05, 3.63) is 24.0 Å². The summed E-state index contributed by atoms with van der Waals surface area (Å²) in [5, 5.41) is 2.90. The summed E-state index contributed by atoms with van der Waals surface area (Å²) < 4.78 is 0. The Hall–Kier alpha value is -1.62. The van der Waals surface area contributed by atoms with Gasteiger partial charge < -0.3 is 16.0 Å². The van der Waals surface area contributed by atoms with Gasteiger partial charge in [-0.1, -0.05) is 0 Å². The van der Waals surface area contributed by atoms with E-state index in [1.165, 1.54) is 0 Å². The first-order chi connectivity index (χ1) is 8.15. The molecule has 5 nitrogen and oxygen atoms in total. The topological polar surface area (TPSA) is 71.2 Å². The van der Waals surface area contributed by atoms with Gasteiger partial charge in [0.1, 0.15) is 5.69 Å². The number of aromatic nitrogens is 1. The number of nitrogens with zero attached hydrogens (tertiary/aromatic N) is 2. The molecule has 1 saturated heterocycles. The van der Waals surface area contributed by atoms with Crippen LogP contribution >= 0.6 is 0 Å². The predicted molar refractivity (Wildman–Crippen MR) is 66.6 cm³/mol. The fourth-order valence-electron chi connectivity index (χ4n) is 2.09. The fourth-order valence-corrected chi connectivity index (χ4v) is 2.09. The summed E-state index contributed by atoms with van der Waals surface area (Å²) in [6, 6.07) is 3.26. The molecular weight excluding hydrogens is 216 g/mol. The van der Waals surface area contributed by atoms with E-state index in [1.54, 1.807) is 18.3 Å². The molecule has 1 aromatic rings. The minimum Gasteiger partial charge on any atom is -0.399 e. The average Bonchev–Trinajstić information content (AvgIpc) is 2.72. The molecule has 1 fully saturated rings. The van der Waals surface area contributed by atoms with Crippen LogP contribution < -0.4 is 11.1 Å². The summed E-state index contributed by atoms with van der Waals surface area (Å²) in [6.07, 6.45) is 2.69. The fraction of sp³-hybridized carbons (Fsp3) is 0.500. The number of nitrogens with two attached hydrogens (primary N) is 1. The van der Waals surface area contributed by atoms with Gasteiger partial charge >= 0.3 is 0 Å². The maximum absolute atomic E-state index is 11.8. The highest BCUT2D eigenvalue weighted by molar-refractivity contribution is 5.92. The Morgan fingerprint density at radius 2 is 2.53 bits per heavy atom. The van der Waals surface area contributed by atoms with Gasteiger partial charge in [-0.05, 0) is 38.1 Å². The van der Waals surface area contributed by atoms with Gasteiger partial charge in [0.25, 0.3) is 5.91 Å². The third kappa shape index (κ3) is 3.17. The number of likely N-dealkylation sites (tertiary alicyclic amines) is 1. The van der Waals surface area contributed by atoms with E-state index in [4.69, 9.17) is 5.73 Å². The van der Waals surface area contributed by atoms with Gasteiger partial charge in [0.05, 0.1) is 0 Å². The molecule has 0 spiro atoms. The number of carbonyl (C=O) groups excluding carboxylic acids is 1. The van der Waals surface area contributed by atoms with Crippen LogP contribution in [0.15, 0.2) is 18.3 Å². The lowest BCUT2D eigenvalue weighted by molar-refractivity contribution is 0.0942. The molecule has 2 rings (SSSR count). The molecule has 1 aliphatic heterocycles. The molecule has 5 heteroatoms. The van der Waals surface area contributed by atoms with Crippen molar-refractivity contribution in [2.75, 3.05) is 32.4 Å². The standard InChI is InChI=1S/C12H18N4O/c1-16-5-3-9(8-16)7-15-12(17)11-6-10(13)2-4-14-11/h2,4,6,9H,3,5,7-8H2,1H3,(H2,13,14)(H,15,17). The number of pyridine rings is 1. The second kappa shape index (κ2) is 5.14. The number of hydrogen-bond acceptors (Lipinski definition) is 4. The van der Waals surface area contributed by atoms with Crippen molar-refractivity contribution in [3.63, 3.8) is 0 Å². The summed E-state index contributed by atoms with van der Waals surface area (Å²) in [5.41, 5.74) is 6.55. The number of nitrogens with one attached hydrogen (secondary N) is 1. The summed E-state index contributed by atoms with van der Waals surface area (Å²) in [4.78, 5) is 18.1. The van der Waals surface area contributed by atoms with Gasteiger partial charge in [-0.15, -0.1) is 0 Å². The Morgan fingerprint density at radius 3 is 3.18 bits per heavy atom. The van der Waals surface area contributed by atoms with Crippen molar-refractivity contribution < 1.29 is 4.79 Å². The van der Waals surface area contributed by atoms with Crippen LogP contribution in [0, 0.1) is 5.92 Å². The van der Waals surface area contributed by atoms with Crippen LogP contribution in [0.1, 0.15) is 16.9 Å². The quantitative estimate of drug-likeness (QED) is 0.791. The molecule has 0 aliphatic carbocycles. The first kappa shape index (κ1) is 11.9. The highest BCUT2D eigenvalue weighted by Gasteiger charge is 2.20. The lowest BCUT2D eigenvalue weighted by Gasteiger charge is -2.11. The van der Waals surface area contributed by atoms with Gasteiger partial charge in [-0.25, -0.2) is 0 Å². The highest BCUT2D eigenvalue weighted by Crippen LogP contribution is 2.13. The molecule has 1 aliphatic rings. The second-order valence-corrected chi connectivity index (χ2v) is 4.60. The Bertz CT molecular complexity index is 407. The maximum Gasteiger partial charge on any atom is 0.269 e. The van der Waals surface area contributed by atoms with E-state index in [0.717, 1.165) is 19.5 Å². The number of nitrogen functional groups attached to an aromatic ring is 1. The zero-order valence-corrected chi connectivity index (χ0v) is 10.0. The zero-order valence-electron chi connectivity index (χ0n) is 10.0. The Kier molecular flexibility index (Phi) is 3.58. The third-order valence-electron chi connectivity index (χ3n) is 3.06. The molecule has 1 unspecified atom stereocenters. The molecule has 92 valence electrons. The monoisotopic (exact) mass is 234 g/mol. The number of rotatable bonds is 3. The van der Waals surface area contributed by atoms with Crippen molar-refractivity contribution in [2.24, 2.45) is 5.92 Å². The molecule has 3 N–H and O–H groups in total. The van der Waals surface area contributed by atoms with E-state index in [1.807, 2.05) is 0 Å². The molecular formula is C12H18N4O. The van der Waals surface area contributed by atoms with Gasteiger partial charge in [-0.2, -0.15) is 0 Å². The summed E-state index contributed by atoms with van der Waals surface area (Å²) in [7, 11) is 2.10. The smallest absolute Gasteiger partial charge is 0.269 e. The largest absolute Gasteiger partial charge is 0.399 e. The van der Waals surface area contributed by atoms with E-state index in [0.29, 0.717) is 23.8 Å². The molecule has 0 radical (unpaired) electrons. The van der Waals surface area contributed by atoms with Gasteiger partial charge in [-0.3, -0.25) is 9.78 Å². The number of hydrogen-bond donors (Lipinski definition) is 2.